The number of carbonyl (C=O) groups excluding carboxylic acids is 2. The van der Waals surface area contributed by atoms with Gasteiger partial charge in [-0.15, -0.1) is 0 Å². The Morgan fingerprint density at radius 1 is 1.09 bits per heavy atom. The van der Waals surface area contributed by atoms with Gasteiger partial charge < -0.3 is 9.80 Å². The molecular formula is C17H21N3O2. The lowest BCUT2D eigenvalue weighted by Crippen LogP contribution is -2.50. The van der Waals surface area contributed by atoms with Crippen molar-refractivity contribution in [1.29, 1.82) is 5.26 Å². The standard InChI is InChI=1S/C17H21N3O2/c1-14(15-5-3-2-4-6-15)13-17(22)20-11-9-19(10-12-20)16(21)7-8-18/h2-6,14H,7,9-13H2,1H3. The fraction of sp³-hybridized carbons (Fsp3) is 0.471. The van der Waals surface area contributed by atoms with Crippen molar-refractivity contribution in [3.8, 4) is 6.07 Å². The number of hydrogen-bond donors (Lipinski definition) is 0. The maximum Gasteiger partial charge on any atom is 0.236 e. The van der Waals surface area contributed by atoms with Crippen LogP contribution in [0.3, 0.4) is 0 Å². The van der Waals surface area contributed by atoms with Gasteiger partial charge in [0, 0.05) is 32.6 Å². The smallest absolute Gasteiger partial charge is 0.236 e. The van der Waals surface area contributed by atoms with Crippen LogP contribution in [-0.2, 0) is 9.59 Å². The molecule has 1 aromatic carbocycles. The van der Waals surface area contributed by atoms with Gasteiger partial charge in [-0.05, 0) is 11.5 Å². The molecule has 1 unspecified atom stereocenters. The maximum atomic E-state index is 12.4. The fourth-order valence-electron chi connectivity index (χ4n) is 2.68. The summed E-state index contributed by atoms with van der Waals surface area (Å²) in [6, 6.07) is 11.9. The minimum absolute atomic E-state index is 0.0843. The Morgan fingerprint density at radius 3 is 2.18 bits per heavy atom. The predicted octanol–water partition coefficient (Wildman–Crippen LogP) is 1.76. The molecule has 1 heterocycles. The van der Waals surface area contributed by atoms with Crippen LogP contribution in [-0.4, -0.2) is 47.8 Å². The van der Waals surface area contributed by atoms with E-state index in [4.69, 9.17) is 5.26 Å². The topological polar surface area (TPSA) is 64.4 Å². The fourth-order valence-corrected chi connectivity index (χ4v) is 2.68. The van der Waals surface area contributed by atoms with E-state index in [1.807, 2.05) is 41.3 Å². The molecule has 5 heteroatoms. The quantitative estimate of drug-likeness (QED) is 0.851. The van der Waals surface area contributed by atoms with E-state index < -0.39 is 0 Å². The van der Waals surface area contributed by atoms with Gasteiger partial charge in [-0.3, -0.25) is 9.59 Å². The first-order chi connectivity index (χ1) is 10.6. The van der Waals surface area contributed by atoms with Gasteiger partial charge >= 0.3 is 0 Å². The SMILES string of the molecule is CC(CC(=O)N1CCN(C(=O)CC#N)CC1)c1ccccc1. The van der Waals surface area contributed by atoms with E-state index in [0.717, 1.165) is 0 Å². The molecule has 0 aliphatic carbocycles. The number of nitrogens with zero attached hydrogens (tertiary/aromatic N) is 3. The Kier molecular flexibility index (Phi) is 5.54. The van der Waals surface area contributed by atoms with Gasteiger partial charge in [-0.25, -0.2) is 0 Å². The van der Waals surface area contributed by atoms with Gasteiger partial charge in [0.25, 0.3) is 0 Å². The Labute approximate surface area is 131 Å². The summed E-state index contributed by atoms with van der Waals surface area (Å²) in [5, 5.41) is 8.55. The second-order valence-electron chi connectivity index (χ2n) is 5.61. The highest BCUT2D eigenvalue weighted by Crippen LogP contribution is 2.20. The van der Waals surface area contributed by atoms with Crippen LogP contribution >= 0.6 is 0 Å². The summed E-state index contributed by atoms with van der Waals surface area (Å²) >= 11 is 0. The Bertz CT molecular complexity index is 557. The molecule has 1 aromatic rings. The molecule has 0 aromatic heterocycles. The zero-order valence-electron chi connectivity index (χ0n) is 12.9. The second kappa shape index (κ2) is 7.60. The minimum Gasteiger partial charge on any atom is -0.339 e. The number of nitriles is 1. The zero-order valence-corrected chi connectivity index (χ0v) is 12.9. The van der Waals surface area contributed by atoms with Crippen LogP contribution in [0.25, 0.3) is 0 Å². The van der Waals surface area contributed by atoms with E-state index in [9.17, 15) is 9.59 Å². The number of benzene rings is 1. The summed E-state index contributed by atoms with van der Waals surface area (Å²) in [6.07, 6.45) is 0.398. The number of carbonyl (C=O) groups is 2. The van der Waals surface area contributed by atoms with Crippen molar-refractivity contribution in [2.24, 2.45) is 0 Å². The van der Waals surface area contributed by atoms with E-state index in [-0.39, 0.29) is 24.2 Å². The van der Waals surface area contributed by atoms with Crippen LogP contribution < -0.4 is 0 Å². The molecule has 5 nitrogen and oxygen atoms in total. The third-order valence-electron chi connectivity index (χ3n) is 4.06. The highest BCUT2D eigenvalue weighted by molar-refractivity contribution is 5.80. The lowest BCUT2D eigenvalue weighted by atomic mass is 9.97. The third kappa shape index (κ3) is 4.08. The molecule has 22 heavy (non-hydrogen) atoms. The molecule has 0 bridgehead atoms. The number of rotatable bonds is 4. The molecule has 2 rings (SSSR count). The summed E-state index contributed by atoms with van der Waals surface area (Å²) in [4.78, 5) is 27.5. The minimum atomic E-state index is -0.146. The van der Waals surface area contributed by atoms with Gasteiger partial charge in [0.15, 0.2) is 0 Å². The van der Waals surface area contributed by atoms with E-state index >= 15 is 0 Å². The molecule has 1 atom stereocenters. The first kappa shape index (κ1) is 16.0. The first-order valence-corrected chi connectivity index (χ1v) is 7.59. The summed E-state index contributed by atoms with van der Waals surface area (Å²) in [6.45, 7) is 4.20. The van der Waals surface area contributed by atoms with E-state index in [0.29, 0.717) is 32.6 Å². The van der Waals surface area contributed by atoms with Crippen molar-refractivity contribution in [2.45, 2.75) is 25.7 Å². The monoisotopic (exact) mass is 299 g/mol. The van der Waals surface area contributed by atoms with E-state index in [2.05, 4.69) is 6.92 Å². The number of piperazine rings is 1. The zero-order chi connectivity index (χ0) is 15.9. The molecule has 1 aliphatic heterocycles. The summed E-state index contributed by atoms with van der Waals surface area (Å²) < 4.78 is 0. The Balaban J connectivity index is 1.83. The Hall–Kier alpha value is -2.35. The lowest BCUT2D eigenvalue weighted by Gasteiger charge is -2.35. The summed E-state index contributed by atoms with van der Waals surface area (Å²) in [7, 11) is 0. The van der Waals surface area contributed by atoms with Gasteiger partial charge in [-0.1, -0.05) is 37.3 Å². The molecule has 1 fully saturated rings. The van der Waals surface area contributed by atoms with Crippen LogP contribution in [0, 0.1) is 11.3 Å². The van der Waals surface area contributed by atoms with E-state index in [1.54, 1.807) is 4.90 Å². The van der Waals surface area contributed by atoms with Crippen LogP contribution in [0.15, 0.2) is 30.3 Å². The number of amides is 2. The van der Waals surface area contributed by atoms with Gasteiger partial charge in [0.1, 0.15) is 6.42 Å². The second-order valence-corrected chi connectivity index (χ2v) is 5.61. The first-order valence-electron chi connectivity index (χ1n) is 7.59. The van der Waals surface area contributed by atoms with Crippen molar-refractivity contribution in [1.82, 2.24) is 9.80 Å². The normalized spacial score (nSPS) is 16.0. The van der Waals surface area contributed by atoms with Crippen LogP contribution in [0.4, 0.5) is 0 Å². The van der Waals surface area contributed by atoms with Crippen LogP contribution in [0.5, 0.6) is 0 Å². The molecule has 0 saturated carbocycles. The van der Waals surface area contributed by atoms with E-state index in [1.165, 1.54) is 5.56 Å². The van der Waals surface area contributed by atoms with Gasteiger partial charge in [0.2, 0.25) is 11.8 Å². The van der Waals surface area contributed by atoms with Crippen LogP contribution in [0.2, 0.25) is 0 Å². The van der Waals surface area contributed by atoms with Gasteiger partial charge in [0.05, 0.1) is 6.07 Å². The molecule has 0 spiro atoms. The Morgan fingerprint density at radius 2 is 1.64 bits per heavy atom. The maximum absolute atomic E-state index is 12.4. The highest BCUT2D eigenvalue weighted by atomic mass is 16.2. The predicted molar refractivity (Wildman–Crippen MR) is 82.9 cm³/mol. The molecule has 1 saturated heterocycles. The molecular weight excluding hydrogens is 278 g/mol. The average molecular weight is 299 g/mol. The highest BCUT2D eigenvalue weighted by Gasteiger charge is 2.24. The molecule has 0 radical (unpaired) electrons. The van der Waals surface area contributed by atoms with Crippen LogP contribution in [0.1, 0.15) is 31.2 Å². The molecule has 1 aliphatic rings. The third-order valence-corrected chi connectivity index (χ3v) is 4.06. The largest absolute Gasteiger partial charge is 0.339 e. The van der Waals surface area contributed by atoms with Gasteiger partial charge in [-0.2, -0.15) is 5.26 Å². The van der Waals surface area contributed by atoms with Crippen molar-refractivity contribution >= 4 is 11.8 Å². The average Bonchev–Trinajstić information content (AvgIpc) is 2.56. The summed E-state index contributed by atoms with van der Waals surface area (Å²) in [5.74, 6) is 0.169. The van der Waals surface area contributed by atoms with Crippen molar-refractivity contribution < 1.29 is 9.59 Å². The van der Waals surface area contributed by atoms with Crippen molar-refractivity contribution in [3.63, 3.8) is 0 Å². The molecule has 2 amide bonds. The summed E-state index contributed by atoms with van der Waals surface area (Å²) in [5.41, 5.74) is 1.17. The van der Waals surface area contributed by atoms with Crippen molar-refractivity contribution in [2.75, 3.05) is 26.2 Å². The van der Waals surface area contributed by atoms with Crippen molar-refractivity contribution in [3.05, 3.63) is 35.9 Å². The molecule has 0 N–H and O–H groups in total. The number of hydrogen-bond acceptors (Lipinski definition) is 3. The lowest BCUT2D eigenvalue weighted by molar-refractivity contribution is -0.139. The molecule has 116 valence electrons.